The smallest absolute Gasteiger partial charge is 0.412 e. The van der Waals surface area contributed by atoms with Crippen LogP contribution >= 0.6 is 0 Å². The summed E-state index contributed by atoms with van der Waals surface area (Å²) in [4.78, 5) is 11.6. The van der Waals surface area contributed by atoms with Gasteiger partial charge in [0.15, 0.2) is 0 Å². The zero-order chi connectivity index (χ0) is 13.4. The molecule has 0 spiro atoms. The van der Waals surface area contributed by atoms with E-state index in [0.29, 0.717) is 0 Å². The van der Waals surface area contributed by atoms with E-state index in [4.69, 9.17) is 10.5 Å². The second kappa shape index (κ2) is 4.28. The van der Waals surface area contributed by atoms with Crippen LogP contribution in [0.1, 0.15) is 39.2 Å². The first-order chi connectivity index (χ1) is 8.28. The van der Waals surface area contributed by atoms with Crippen molar-refractivity contribution in [2.45, 2.75) is 44.8 Å². The molecule has 1 aliphatic rings. The third-order valence-electron chi connectivity index (χ3n) is 2.89. The van der Waals surface area contributed by atoms with Gasteiger partial charge in [0.1, 0.15) is 5.60 Å². The quantitative estimate of drug-likeness (QED) is 0.845. The van der Waals surface area contributed by atoms with Crippen LogP contribution in [0.4, 0.5) is 10.5 Å². The van der Waals surface area contributed by atoms with Gasteiger partial charge in [0.2, 0.25) is 0 Å². The molecule has 1 saturated carbocycles. The topological polar surface area (TPSA) is 64.3 Å². The van der Waals surface area contributed by atoms with Crippen molar-refractivity contribution in [3.8, 4) is 0 Å². The largest absolute Gasteiger partial charge is 0.444 e. The first-order valence-electron chi connectivity index (χ1n) is 6.18. The van der Waals surface area contributed by atoms with Crippen LogP contribution in [0.5, 0.6) is 0 Å². The molecular formula is C14H20N2O2. The highest BCUT2D eigenvalue weighted by Gasteiger charge is 2.39. The lowest BCUT2D eigenvalue weighted by molar-refractivity contribution is 0.0636. The van der Waals surface area contributed by atoms with Crippen LogP contribution in [0.25, 0.3) is 0 Å². The van der Waals surface area contributed by atoms with Gasteiger partial charge in [-0.3, -0.25) is 5.32 Å². The lowest BCUT2D eigenvalue weighted by atomic mass is 10.1. The van der Waals surface area contributed by atoms with Crippen molar-refractivity contribution in [2.75, 3.05) is 5.32 Å². The molecule has 1 fully saturated rings. The fourth-order valence-electron chi connectivity index (χ4n) is 1.73. The Morgan fingerprint density at radius 3 is 2.28 bits per heavy atom. The molecule has 0 atom stereocenters. The zero-order valence-corrected chi connectivity index (χ0v) is 11.1. The molecule has 1 aromatic rings. The zero-order valence-electron chi connectivity index (χ0n) is 11.1. The lowest BCUT2D eigenvalue weighted by Crippen LogP contribution is -2.27. The number of rotatable bonds is 2. The Morgan fingerprint density at radius 1 is 1.28 bits per heavy atom. The summed E-state index contributed by atoms with van der Waals surface area (Å²) in [5.74, 6) is 0. The van der Waals surface area contributed by atoms with E-state index in [0.717, 1.165) is 24.1 Å². The van der Waals surface area contributed by atoms with Crippen molar-refractivity contribution >= 4 is 11.8 Å². The van der Waals surface area contributed by atoms with Crippen LogP contribution in [0.2, 0.25) is 0 Å². The highest BCUT2D eigenvalue weighted by atomic mass is 16.6. The van der Waals surface area contributed by atoms with Crippen molar-refractivity contribution in [3.63, 3.8) is 0 Å². The number of hydrogen-bond donors (Lipinski definition) is 2. The first-order valence-corrected chi connectivity index (χ1v) is 6.18. The molecule has 0 aromatic heterocycles. The van der Waals surface area contributed by atoms with Gasteiger partial charge in [-0.25, -0.2) is 4.79 Å². The summed E-state index contributed by atoms with van der Waals surface area (Å²) in [6, 6.07) is 7.62. The monoisotopic (exact) mass is 248 g/mol. The standard InChI is InChI=1S/C14H20N2O2/c1-13(2,3)18-12(17)16-11-6-4-10(5-7-11)14(15)8-9-14/h4-7H,8-9,15H2,1-3H3,(H,16,17). The molecule has 0 heterocycles. The molecule has 0 bridgehead atoms. The molecule has 4 nitrogen and oxygen atoms in total. The number of carbonyl (C=O) groups excluding carboxylic acids is 1. The van der Waals surface area contributed by atoms with Gasteiger partial charge in [-0.05, 0) is 51.3 Å². The average molecular weight is 248 g/mol. The summed E-state index contributed by atoms with van der Waals surface area (Å²) in [5.41, 5.74) is 7.31. The third-order valence-corrected chi connectivity index (χ3v) is 2.89. The normalized spacial score (nSPS) is 17.1. The van der Waals surface area contributed by atoms with Gasteiger partial charge in [0.25, 0.3) is 0 Å². The van der Waals surface area contributed by atoms with E-state index < -0.39 is 11.7 Å². The van der Waals surface area contributed by atoms with Gasteiger partial charge in [0.05, 0.1) is 0 Å². The van der Waals surface area contributed by atoms with Crippen molar-refractivity contribution in [1.29, 1.82) is 0 Å². The fraction of sp³-hybridized carbons (Fsp3) is 0.500. The predicted molar refractivity (Wildman–Crippen MR) is 71.4 cm³/mol. The Morgan fingerprint density at radius 2 is 1.83 bits per heavy atom. The van der Waals surface area contributed by atoms with Gasteiger partial charge in [0, 0.05) is 11.2 Å². The van der Waals surface area contributed by atoms with E-state index in [2.05, 4.69) is 5.32 Å². The SMILES string of the molecule is CC(C)(C)OC(=O)Nc1ccc(C2(N)CC2)cc1. The maximum absolute atomic E-state index is 11.6. The van der Waals surface area contributed by atoms with E-state index in [1.807, 2.05) is 45.0 Å². The van der Waals surface area contributed by atoms with Crippen molar-refractivity contribution in [3.05, 3.63) is 29.8 Å². The molecule has 3 N–H and O–H groups in total. The summed E-state index contributed by atoms with van der Waals surface area (Å²) >= 11 is 0. The Bertz CT molecular complexity index is 442. The van der Waals surface area contributed by atoms with Crippen LogP contribution < -0.4 is 11.1 Å². The predicted octanol–water partition coefficient (Wildman–Crippen LogP) is 2.98. The maximum atomic E-state index is 11.6. The molecule has 18 heavy (non-hydrogen) atoms. The molecule has 0 aliphatic heterocycles. The van der Waals surface area contributed by atoms with Crippen molar-refractivity contribution in [2.24, 2.45) is 5.73 Å². The number of benzene rings is 1. The number of nitrogens with one attached hydrogen (secondary N) is 1. The molecule has 0 radical (unpaired) electrons. The molecule has 1 amide bonds. The molecule has 4 heteroatoms. The summed E-state index contributed by atoms with van der Waals surface area (Å²) in [5, 5.41) is 2.70. The van der Waals surface area contributed by atoms with E-state index in [1.54, 1.807) is 0 Å². The van der Waals surface area contributed by atoms with E-state index in [-0.39, 0.29) is 5.54 Å². The number of amides is 1. The number of ether oxygens (including phenoxy) is 1. The minimum absolute atomic E-state index is 0.134. The number of carbonyl (C=O) groups is 1. The number of anilines is 1. The van der Waals surface area contributed by atoms with Crippen LogP contribution in [0, 0.1) is 0 Å². The van der Waals surface area contributed by atoms with Crippen LogP contribution in [0.3, 0.4) is 0 Å². The Balaban J connectivity index is 1.96. The third kappa shape index (κ3) is 3.23. The molecule has 98 valence electrons. The summed E-state index contributed by atoms with van der Waals surface area (Å²) < 4.78 is 5.18. The molecule has 0 unspecified atom stereocenters. The van der Waals surface area contributed by atoms with Gasteiger partial charge < -0.3 is 10.5 Å². The molecule has 0 saturated heterocycles. The molecule has 1 aromatic carbocycles. The Labute approximate surface area is 108 Å². The van der Waals surface area contributed by atoms with Crippen LogP contribution in [0.15, 0.2) is 24.3 Å². The van der Waals surface area contributed by atoms with Crippen LogP contribution in [-0.4, -0.2) is 11.7 Å². The average Bonchev–Trinajstić information content (AvgIpc) is 2.95. The lowest BCUT2D eigenvalue weighted by Gasteiger charge is -2.19. The van der Waals surface area contributed by atoms with Crippen molar-refractivity contribution in [1.82, 2.24) is 0 Å². The summed E-state index contributed by atoms with van der Waals surface area (Å²) in [6.07, 6.45) is 1.63. The van der Waals surface area contributed by atoms with Gasteiger partial charge in [-0.15, -0.1) is 0 Å². The summed E-state index contributed by atoms with van der Waals surface area (Å²) in [6.45, 7) is 5.50. The first kappa shape index (κ1) is 12.9. The fourth-order valence-corrected chi connectivity index (χ4v) is 1.73. The van der Waals surface area contributed by atoms with E-state index >= 15 is 0 Å². The molecule has 2 rings (SSSR count). The van der Waals surface area contributed by atoms with Crippen LogP contribution in [-0.2, 0) is 10.3 Å². The molecule has 1 aliphatic carbocycles. The minimum Gasteiger partial charge on any atom is -0.444 e. The summed E-state index contributed by atoms with van der Waals surface area (Å²) in [7, 11) is 0. The second-order valence-electron chi connectivity index (χ2n) is 5.86. The number of nitrogens with two attached hydrogens (primary N) is 1. The highest BCUT2D eigenvalue weighted by molar-refractivity contribution is 5.84. The second-order valence-corrected chi connectivity index (χ2v) is 5.86. The maximum Gasteiger partial charge on any atom is 0.412 e. The highest BCUT2D eigenvalue weighted by Crippen LogP contribution is 2.42. The van der Waals surface area contributed by atoms with E-state index in [9.17, 15) is 4.79 Å². The van der Waals surface area contributed by atoms with Crippen molar-refractivity contribution < 1.29 is 9.53 Å². The Hall–Kier alpha value is -1.55. The molecular weight excluding hydrogens is 228 g/mol. The van der Waals surface area contributed by atoms with Gasteiger partial charge >= 0.3 is 6.09 Å². The Kier molecular flexibility index (Phi) is 3.07. The van der Waals surface area contributed by atoms with Gasteiger partial charge in [-0.1, -0.05) is 12.1 Å². The van der Waals surface area contributed by atoms with Gasteiger partial charge in [-0.2, -0.15) is 0 Å². The minimum atomic E-state index is -0.487. The van der Waals surface area contributed by atoms with E-state index in [1.165, 1.54) is 0 Å². The number of hydrogen-bond acceptors (Lipinski definition) is 3.